The van der Waals surface area contributed by atoms with Gasteiger partial charge >= 0.3 is 5.97 Å². The van der Waals surface area contributed by atoms with Crippen molar-refractivity contribution >= 4 is 5.97 Å². The third kappa shape index (κ3) is 3.05. The van der Waals surface area contributed by atoms with Crippen molar-refractivity contribution in [1.82, 2.24) is 0 Å². The standard InChI is InChI=1S/C15H26O5/c1-4-20-12(17)7-5-9-14(18)10-6-8-13(2,3)15(14,19)11-16/h5,7,16,18-19H,4,6,8-11H2,1-3H3/b7-5+/t14-,15+/m0/s1. The van der Waals surface area contributed by atoms with Crippen LogP contribution in [0.25, 0.3) is 0 Å². The maximum atomic E-state index is 11.2. The predicted octanol–water partition coefficient (Wildman–Crippen LogP) is 1.16. The van der Waals surface area contributed by atoms with Crippen molar-refractivity contribution in [1.29, 1.82) is 0 Å². The van der Waals surface area contributed by atoms with Crippen molar-refractivity contribution in [3.8, 4) is 0 Å². The molecule has 0 radical (unpaired) electrons. The van der Waals surface area contributed by atoms with Crippen molar-refractivity contribution in [2.24, 2.45) is 5.41 Å². The van der Waals surface area contributed by atoms with Crippen LogP contribution in [0.5, 0.6) is 0 Å². The quantitative estimate of drug-likeness (QED) is 0.521. The van der Waals surface area contributed by atoms with Gasteiger partial charge in [-0.2, -0.15) is 0 Å². The molecule has 0 amide bonds. The first-order valence-corrected chi connectivity index (χ1v) is 7.11. The number of esters is 1. The summed E-state index contributed by atoms with van der Waals surface area (Å²) in [5.74, 6) is -0.473. The van der Waals surface area contributed by atoms with Crippen LogP contribution in [0.15, 0.2) is 12.2 Å². The highest BCUT2D eigenvalue weighted by atomic mass is 16.5. The highest BCUT2D eigenvalue weighted by Crippen LogP contribution is 2.50. The number of carbonyl (C=O) groups excluding carboxylic acids is 1. The van der Waals surface area contributed by atoms with E-state index in [1.54, 1.807) is 6.92 Å². The lowest BCUT2D eigenvalue weighted by Gasteiger charge is -2.55. The molecule has 1 fully saturated rings. The van der Waals surface area contributed by atoms with Crippen molar-refractivity contribution < 1.29 is 24.9 Å². The summed E-state index contributed by atoms with van der Waals surface area (Å²) in [5.41, 5.74) is -3.61. The molecule has 116 valence electrons. The lowest BCUT2D eigenvalue weighted by molar-refractivity contribution is -0.245. The summed E-state index contributed by atoms with van der Waals surface area (Å²) in [4.78, 5) is 11.2. The summed E-state index contributed by atoms with van der Waals surface area (Å²) in [6.07, 6.45) is 4.74. The molecule has 1 aliphatic rings. The third-order valence-corrected chi connectivity index (χ3v) is 4.51. The van der Waals surface area contributed by atoms with E-state index in [4.69, 9.17) is 4.74 Å². The molecule has 3 N–H and O–H groups in total. The molecule has 1 aliphatic carbocycles. The Morgan fingerprint density at radius 1 is 1.30 bits per heavy atom. The molecule has 0 unspecified atom stereocenters. The van der Waals surface area contributed by atoms with Crippen molar-refractivity contribution in [3.63, 3.8) is 0 Å². The fourth-order valence-corrected chi connectivity index (χ4v) is 3.04. The van der Waals surface area contributed by atoms with Gasteiger partial charge in [0.15, 0.2) is 0 Å². The van der Waals surface area contributed by atoms with Gasteiger partial charge in [-0.15, -0.1) is 0 Å². The Labute approximate surface area is 120 Å². The van der Waals surface area contributed by atoms with Crippen LogP contribution in [-0.2, 0) is 9.53 Å². The molecular formula is C15H26O5. The number of aliphatic hydroxyl groups excluding tert-OH is 1. The summed E-state index contributed by atoms with van der Waals surface area (Å²) in [7, 11) is 0. The molecule has 0 bridgehead atoms. The summed E-state index contributed by atoms with van der Waals surface area (Å²) in [6.45, 7) is 5.17. The number of rotatable bonds is 5. The molecule has 0 aromatic heterocycles. The molecule has 0 aliphatic heterocycles. The first-order chi connectivity index (χ1) is 9.22. The fourth-order valence-electron chi connectivity index (χ4n) is 3.04. The maximum absolute atomic E-state index is 11.2. The fraction of sp³-hybridized carbons (Fsp3) is 0.800. The topological polar surface area (TPSA) is 87.0 Å². The largest absolute Gasteiger partial charge is 0.463 e. The Morgan fingerprint density at radius 2 is 1.95 bits per heavy atom. The normalized spacial score (nSPS) is 33.3. The summed E-state index contributed by atoms with van der Waals surface area (Å²) in [6, 6.07) is 0. The Bertz CT molecular complexity index is 376. The van der Waals surface area contributed by atoms with E-state index in [0.29, 0.717) is 13.0 Å². The van der Waals surface area contributed by atoms with E-state index in [1.807, 2.05) is 13.8 Å². The van der Waals surface area contributed by atoms with Crippen LogP contribution in [0.2, 0.25) is 0 Å². The zero-order valence-electron chi connectivity index (χ0n) is 12.6. The predicted molar refractivity (Wildman–Crippen MR) is 75.0 cm³/mol. The van der Waals surface area contributed by atoms with Gasteiger partial charge in [0.2, 0.25) is 0 Å². The van der Waals surface area contributed by atoms with Gasteiger partial charge in [0.1, 0.15) is 5.60 Å². The number of hydrogen-bond acceptors (Lipinski definition) is 5. The number of carbonyl (C=O) groups is 1. The second-order valence-electron chi connectivity index (χ2n) is 6.15. The minimum atomic E-state index is -1.59. The third-order valence-electron chi connectivity index (χ3n) is 4.51. The molecular weight excluding hydrogens is 260 g/mol. The molecule has 2 atom stereocenters. The van der Waals surface area contributed by atoms with E-state index in [0.717, 1.165) is 12.8 Å². The van der Waals surface area contributed by atoms with Gasteiger partial charge in [-0.3, -0.25) is 0 Å². The molecule has 20 heavy (non-hydrogen) atoms. The van der Waals surface area contributed by atoms with Gasteiger partial charge < -0.3 is 20.1 Å². The van der Waals surface area contributed by atoms with E-state index < -0.39 is 29.2 Å². The minimum absolute atomic E-state index is 0.103. The van der Waals surface area contributed by atoms with Crippen molar-refractivity contribution in [2.75, 3.05) is 13.2 Å². The van der Waals surface area contributed by atoms with Gasteiger partial charge in [0, 0.05) is 6.08 Å². The van der Waals surface area contributed by atoms with Crippen LogP contribution in [0.4, 0.5) is 0 Å². The van der Waals surface area contributed by atoms with Gasteiger partial charge in [0.25, 0.3) is 0 Å². The minimum Gasteiger partial charge on any atom is -0.463 e. The molecule has 0 saturated heterocycles. The van der Waals surface area contributed by atoms with Gasteiger partial charge in [-0.05, 0) is 38.0 Å². The Morgan fingerprint density at radius 3 is 2.50 bits per heavy atom. The van der Waals surface area contributed by atoms with Crippen LogP contribution in [0.1, 0.15) is 46.5 Å². The molecule has 5 nitrogen and oxygen atoms in total. The van der Waals surface area contributed by atoms with E-state index >= 15 is 0 Å². The smallest absolute Gasteiger partial charge is 0.330 e. The lowest BCUT2D eigenvalue weighted by Crippen LogP contribution is -2.66. The number of ether oxygens (including phenoxy) is 1. The van der Waals surface area contributed by atoms with Crippen molar-refractivity contribution in [2.45, 2.75) is 57.7 Å². The van der Waals surface area contributed by atoms with Gasteiger partial charge in [-0.1, -0.05) is 19.9 Å². The van der Waals surface area contributed by atoms with Gasteiger partial charge in [-0.25, -0.2) is 4.79 Å². The van der Waals surface area contributed by atoms with E-state index in [2.05, 4.69) is 0 Å². The Kier molecular flexibility index (Phi) is 5.35. The molecule has 5 heteroatoms. The Balaban J connectivity index is 2.87. The number of aliphatic hydroxyl groups is 3. The SMILES string of the molecule is CCOC(=O)/C=C/C[C@]1(O)CCCC(C)(C)[C@]1(O)CO. The van der Waals surface area contributed by atoms with Crippen LogP contribution in [0.3, 0.4) is 0 Å². The zero-order chi connectivity index (χ0) is 15.4. The van der Waals surface area contributed by atoms with Crippen LogP contribution >= 0.6 is 0 Å². The highest BCUT2D eigenvalue weighted by Gasteiger charge is 2.59. The van der Waals surface area contributed by atoms with E-state index in [1.165, 1.54) is 12.2 Å². The van der Waals surface area contributed by atoms with Crippen molar-refractivity contribution in [3.05, 3.63) is 12.2 Å². The summed E-state index contributed by atoms with van der Waals surface area (Å²) < 4.78 is 4.76. The molecule has 1 saturated carbocycles. The average molecular weight is 286 g/mol. The molecule has 0 aromatic carbocycles. The summed E-state index contributed by atoms with van der Waals surface area (Å²) >= 11 is 0. The van der Waals surface area contributed by atoms with Crippen LogP contribution < -0.4 is 0 Å². The van der Waals surface area contributed by atoms with Crippen LogP contribution in [-0.4, -0.2) is 45.7 Å². The molecule has 0 aromatic rings. The number of hydrogen-bond donors (Lipinski definition) is 3. The highest BCUT2D eigenvalue weighted by molar-refractivity contribution is 5.81. The second kappa shape index (κ2) is 6.24. The molecule has 1 rings (SSSR count). The van der Waals surface area contributed by atoms with E-state index in [-0.39, 0.29) is 6.42 Å². The van der Waals surface area contributed by atoms with E-state index in [9.17, 15) is 20.1 Å². The Hall–Kier alpha value is -0.910. The van der Waals surface area contributed by atoms with Gasteiger partial charge in [0.05, 0.1) is 18.8 Å². The molecule has 0 heterocycles. The monoisotopic (exact) mass is 286 g/mol. The van der Waals surface area contributed by atoms with Crippen LogP contribution in [0, 0.1) is 5.41 Å². The first kappa shape index (κ1) is 17.1. The zero-order valence-corrected chi connectivity index (χ0v) is 12.6. The first-order valence-electron chi connectivity index (χ1n) is 7.11. The maximum Gasteiger partial charge on any atom is 0.330 e. The average Bonchev–Trinajstić information content (AvgIpc) is 2.36. The molecule has 0 spiro atoms. The second-order valence-corrected chi connectivity index (χ2v) is 6.15. The lowest BCUT2D eigenvalue weighted by atomic mass is 9.57. The summed E-state index contributed by atoms with van der Waals surface area (Å²) in [5, 5.41) is 31.1.